The molecule has 45 heavy (non-hydrogen) atoms. The van der Waals surface area contributed by atoms with Gasteiger partial charge in [0.05, 0.1) is 12.8 Å². The summed E-state index contributed by atoms with van der Waals surface area (Å²) in [6.07, 6.45) is 0. The molecule has 4 rings (SSSR count). The number of para-hydroxylation sites is 2. The molecule has 2 aromatic carbocycles. The van der Waals surface area contributed by atoms with Crippen molar-refractivity contribution in [2.45, 2.75) is 0 Å². The number of phenolic OH excluding ortho intramolecular Hbond substituents is 1. The van der Waals surface area contributed by atoms with Crippen LogP contribution in [0.25, 0.3) is 11.3 Å². The maximum atomic E-state index is 8.96. The first-order chi connectivity index (χ1) is 20.7. The summed E-state index contributed by atoms with van der Waals surface area (Å²) in [5, 5.41) is 35.3. The molecule has 1 atom stereocenters. The predicted octanol–water partition coefficient (Wildman–Crippen LogP) is 0.813. The molecule has 0 radical (unpaired) electrons. The molecule has 226 valence electrons. The summed E-state index contributed by atoms with van der Waals surface area (Å²) < 4.78 is 16.6. The van der Waals surface area contributed by atoms with Crippen LogP contribution in [0, 0.1) is 0 Å². The quantitative estimate of drug-likeness (QED) is 0.0655. The molecular formula is C21H14BCl7K3N4O8P. The molecule has 1 unspecified atom stereocenters. The van der Waals surface area contributed by atoms with Crippen molar-refractivity contribution in [2.24, 2.45) is 0 Å². The van der Waals surface area contributed by atoms with Crippen molar-refractivity contribution in [1.82, 2.24) is 19.9 Å². The van der Waals surface area contributed by atoms with Gasteiger partial charge in [0.25, 0.3) is 0 Å². The normalized spacial score (nSPS) is 9.64. The number of methoxy groups -OCH3 is 1. The van der Waals surface area contributed by atoms with Gasteiger partial charge in [-0.2, -0.15) is 0 Å². The Labute approximate surface area is 381 Å². The number of halogens is 7. The zero-order valence-electron chi connectivity index (χ0n) is 23.5. The molecule has 0 saturated heterocycles. The first-order valence-electron chi connectivity index (χ1n) is 11.4. The van der Waals surface area contributed by atoms with Gasteiger partial charge in [-0.15, -0.1) is 0 Å². The van der Waals surface area contributed by atoms with Crippen LogP contribution in [-0.4, -0.2) is 112 Å². The van der Waals surface area contributed by atoms with Gasteiger partial charge in [-0.05, 0) is 46.0 Å². The molecule has 4 aromatic rings. The van der Waals surface area contributed by atoms with Crippen LogP contribution >= 0.6 is 89.5 Å². The molecule has 12 nitrogen and oxygen atoms in total. The number of hydrogen-bond acceptors (Lipinski definition) is 12. The molecule has 0 aliphatic rings. The number of aromatic hydroxyl groups is 1. The number of rotatable bonds is 4. The Morgan fingerprint density at radius 1 is 0.800 bits per heavy atom. The van der Waals surface area contributed by atoms with Crippen molar-refractivity contribution >= 4 is 165 Å². The number of ether oxygens (including phenoxy) is 1. The Bertz CT molecular complexity index is 1490. The molecule has 0 aliphatic carbocycles. The van der Waals surface area contributed by atoms with Gasteiger partial charge in [0, 0.05) is 11.0 Å². The first-order valence-corrected chi connectivity index (χ1v) is 31.1. The minimum absolute atomic E-state index is 0. The molecule has 0 amide bonds. The van der Waals surface area contributed by atoms with E-state index in [-0.39, 0.29) is 98.7 Å². The third-order valence-corrected chi connectivity index (χ3v) is 6.45. The van der Waals surface area contributed by atoms with Crippen LogP contribution in [-0.2, 0) is 9.24 Å². The number of benzene rings is 2. The van der Waals surface area contributed by atoms with E-state index in [1.165, 1.54) is 75.3 Å². The summed E-state index contributed by atoms with van der Waals surface area (Å²) in [4.78, 5) is 23.8. The van der Waals surface area contributed by atoms with Gasteiger partial charge < -0.3 is 30.0 Å². The van der Waals surface area contributed by atoms with Gasteiger partial charge in [0.1, 0.15) is 21.5 Å². The van der Waals surface area contributed by atoms with Gasteiger partial charge in [-0.25, -0.2) is 24.6 Å². The number of hydrogen-bond donors (Lipinski definition) is 3. The molecule has 0 aliphatic heterocycles. The van der Waals surface area contributed by atoms with E-state index in [1.54, 1.807) is 25.3 Å². The van der Waals surface area contributed by atoms with Crippen LogP contribution in [0.15, 0.2) is 48.5 Å². The average Bonchev–Trinajstić information content (AvgIpc) is 2.99. The molecule has 3 N–H and O–H groups in total. The van der Waals surface area contributed by atoms with Crippen LogP contribution in [0.2, 0.25) is 36.1 Å². The van der Waals surface area contributed by atoms with Crippen molar-refractivity contribution < 1.29 is 90.7 Å². The summed E-state index contributed by atoms with van der Waals surface area (Å²) in [7, 11) is -3.18. The van der Waals surface area contributed by atoms with Gasteiger partial charge >= 0.3 is 130 Å². The van der Waals surface area contributed by atoms with E-state index < -0.39 is 15.4 Å². The Morgan fingerprint density at radius 3 is 1.64 bits per heavy atom. The topological polar surface area (TPSA) is 194 Å². The maximum absolute atomic E-state index is 8.96. The Balaban J connectivity index is 0. The van der Waals surface area contributed by atoms with Gasteiger partial charge in [0.2, 0.25) is 10.6 Å². The van der Waals surface area contributed by atoms with Crippen molar-refractivity contribution in [3.8, 4) is 22.8 Å². The van der Waals surface area contributed by atoms with E-state index in [0.29, 0.717) is 17.0 Å². The fraction of sp³-hybridized carbons (Fsp3) is 0.0476. The van der Waals surface area contributed by atoms with E-state index >= 15 is 0 Å². The van der Waals surface area contributed by atoms with Crippen LogP contribution in [0.3, 0.4) is 0 Å². The zero-order chi connectivity index (χ0) is 34.0. The minimum atomic E-state index is -3.15. The summed E-state index contributed by atoms with van der Waals surface area (Å²) in [6.45, 7) is 0. The first kappa shape index (κ1) is 50.2. The van der Waals surface area contributed by atoms with Crippen molar-refractivity contribution in [1.29, 1.82) is 0 Å². The van der Waals surface area contributed by atoms with Crippen molar-refractivity contribution in [3.63, 3.8) is 0 Å². The third-order valence-electron chi connectivity index (χ3n) is 4.16. The molecule has 2 aromatic heterocycles. The second-order valence-corrected chi connectivity index (χ2v) is 9.87. The predicted molar refractivity (Wildman–Crippen MR) is 169 cm³/mol. The molecule has 0 fully saturated rings. The molecule has 24 heteroatoms. The second-order valence-electron chi connectivity index (χ2n) is 6.77. The average molecular weight is 858 g/mol. The molecule has 0 saturated carbocycles. The van der Waals surface area contributed by atoms with Crippen molar-refractivity contribution in [3.05, 3.63) is 84.6 Å². The molecule has 0 bridgehead atoms. The zero-order valence-corrected chi connectivity index (χ0v) is 39.0. The number of phenols is 1. The molecule has 0 spiro atoms. The van der Waals surface area contributed by atoms with E-state index in [2.05, 4.69) is 24.6 Å². The Hall–Kier alpha value is 3.10. The van der Waals surface area contributed by atoms with E-state index in [0.717, 1.165) is 0 Å². The molecule has 2 heterocycles. The Kier molecular flexibility index (Phi) is 32.0. The second kappa shape index (κ2) is 28.7. The summed E-state index contributed by atoms with van der Waals surface area (Å²) in [6, 6.07) is 13.4. The van der Waals surface area contributed by atoms with Crippen LogP contribution < -0.4 is 71.7 Å². The Morgan fingerprint density at radius 2 is 1.22 bits per heavy atom. The van der Waals surface area contributed by atoms with E-state index in [1.807, 2.05) is 18.2 Å². The van der Waals surface area contributed by atoms with Crippen LogP contribution in [0.1, 0.15) is 0 Å². The fourth-order valence-electron chi connectivity index (χ4n) is 2.49. The van der Waals surface area contributed by atoms with E-state index in [4.69, 9.17) is 116 Å². The summed E-state index contributed by atoms with van der Waals surface area (Å²) >= 11 is 42.0. The van der Waals surface area contributed by atoms with Gasteiger partial charge in [-0.1, -0.05) is 88.3 Å². The van der Waals surface area contributed by atoms with E-state index in [9.17, 15) is 0 Å². The number of nitrogens with zero attached hydrogens (tertiary/aromatic N) is 4. The van der Waals surface area contributed by atoms with Gasteiger partial charge in [-0.3, -0.25) is 0 Å². The fourth-order valence-corrected chi connectivity index (χ4v) is 3.78. The van der Waals surface area contributed by atoms with Gasteiger partial charge in [0.15, 0.2) is 15.5 Å². The standard InChI is InChI=1S/C11H7Cl3N2O.C6H7BO3.C4Cl4N2.3K.HO4P/c1-17-7-5-3-2-4-6(7)9-8(12)10(13)16-11(14)15-9;8-6-4-2-1-3-5(6)7(9)10;5-1-2(6)9-4(8)10-3(1)7;;;;1-4-5(2)3/h2-5H,1H3;1-4,8-10H;;;;;1H/q;;;;;+1;/p-1. The molecular weight excluding hydrogens is 844 g/mol. The third kappa shape index (κ3) is 20.1. The summed E-state index contributed by atoms with van der Waals surface area (Å²) in [5.74, 6) is 0.540. The van der Waals surface area contributed by atoms with Crippen LogP contribution in [0.5, 0.6) is 11.5 Å². The SMILES string of the molecule is COc1ccccc1-c1nc(Cl)nc(Cl)c1Cl.Clc1nc(Cl)c(Cl)c(Cl)n1.O=[P+]([O-])O[O-].OB(O)c1ccccc1O.[K+].[K][K]. The summed E-state index contributed by atoms with van der Waals surface area (Å²) in [5.41, 5.74) is 1.29. The monoisotopic (exact) mass is 854 g/mol. The van der Waals surface area contributed by atoms with Crippen LogP contribution in [0.4, 0.5) is 0 Å². The van der Waals surface area contributed by atoms with Crippen molar-refractivity contribution in [2.75, 3.05) is 7.11 Å². The number of aromatic nitrogens is 4.